The van der Waals surface area contributed by atoms with Crippen molar-refractivity contribution in [1.29, 1.82) is 0 Å². The summed E-state index contributed by atoms with van der Waals surface area (Å²) in [6, 6.07) is 7.80. The van der Waals surface area contributed by atoms with Crippen molar-refractivity contribution < 1.29 is 9.53 Å². The fraction of sp³-hybridized carbons (Fsp3) is 0.421. The zero-order valence-electron chi connectivity index (χ0n) is 15.7. The minimum absolute atomic E-state index is 0.223. The highest BCUT2D eigenvalue weighted by Gasteiger charge is 2.07. The van der Waals surface area contributed by atoms with E-state index in [0.717, 1.165) is 37.2 Å². The second-order valence-electron chi connectivity index (χ2n) is 6.23. The lowest BCUT2D eigenvalue weighted by Crippen LogP contribution is -2.26. The van der Waals surface area contributed by atoms with E-state index in [1.165, 1.54) is 6.20 Å². The zero-order chi connectivity index (χ0) is 18.8. The van der Waals surface area contributed by atoms with Gasteiger partial charge in [0.05, 0.1) is 19.5 Å². The molecule has 1 aromatic carbocycles. The van der Waals surface area contributed by atoms with E-state index in [-0.39, 0.29) is 5.91 Å². The highest BCUT2D eigenvalue weighted by molar-refractivity contribution is 5.91. The molecule has 1 aromatic heterocycles. The molecule has 0 saturated carbocycles. The average Bonchev–Trinajstić information content (AvgIpc) is 2.65. The Labute approximate surface area is 154 Å². The van der Waals surface area contributed by atoms with Crippen LogP contribution in [0, 0.1) is 0 Å². The van der Waals surface area contributed by atoms with E-state index in [1.807, 2.05) is 38.4 Å². The van der Waals surface area contributed by atoms with Crippen LogP contribution in [0.4, 0.5) is 5.82 Å². The topological polar surface area (TPSA) is 79.4 Å². The highest BCUT2D eigenvalue weighted by Crippen LogP contribution is 2.12. The first-order chi connectivity index (χ1) is 12.6. The molecule has 0 bridgehead atoms. The van der Waals surface area contributed by atoms with Crippen LogP contribution in [0.1, 0.15) is 22.5 Å². The summed E-state index contributed by atoms with van der Waals surface area (Å²) in [5.41, 5.74) is 1.42. The molecule has 0 radical (unpaired) electrons. The summed E-state index contributed by atoms with van der Waals surface area (Å²) >= 11 is 0. The van der Waals surface area contributed by atoms with Crippen molar-refractivity contribution >= 4 is 11.7 Å². The average molecular weight is 357 g/mol. The number of rotatable bonds is 10. The molecule has 26 heavy (non-hydrogen) atoms. The van der Waals surface area contributed by atoms with E-state index >= 15 is 0 Å². The fourth-order valence-corrected chi connectivity index (χ4v) is 2.39. The minimum Gasteiger partial charge on any atom is -0.497 e. The molecule has 0 fully saturated rings. The Morgan fingerprint density at radius 2 is 2.04 bits per heavy atom. The molecule has 0 spiro atoms. The maximum Gasteiger partial charge on any atom is 0.271 e. The summed E-state index contributed by atoms with van der Waals surface area (Å²) in [5.74, 6) is 1.27. The molecular weight excluding hydrogens is 330 g/mol. The van der Waals surface area contributed by atoms with Crippen molar-refractivity contribution in [2.75, 3.05) is 46.2 Å². The number of methoxy groups -OCH3 is 1. The molecule has 1 amide bonds. The van der Waals surface area contributed by atoms with E-state index in [4.69, 9.17) is 4.74 Å². The summed E-state index contributed by atoms with van der Waals surface area (Å²) in [6.07, 6.45) is 4.82. The molecule has 7 nitrogen and oxygen atoms in total. The van der Waals surface area contributed by atoms with Crippen LogP contribution in [0.15, 0.2) is 36.7 Å². The lowest BCUT2D eigenvalue weighted by atomic mass is 10.1. The van der Waals surface area contributed by atoms with E-state index in [9.17, 15) is 4.79 Å². The Kier molecular flexibility index (Phi) is 7.82. The number of amides is 1. The van der Waals surface area contributed by atoms with Crippen LogP contribution >= 0.6 is 0 Å². The summed E-state index contributed by atoms with van der Waals surface area (Å²) in [4.78, 5) is 22.7. The lowest BCUT2D eigenvalue weighted by Gasteiger charge is -2.10. The van der Waals surface area contributed by atoms with Crippen molar-refractivity contribution in [1.82, 2.24) is 20.2 Å². The number of benzene rings is 1. The number of carbonyl (C=O) groups is 1. The van der Waals surface area contributed by atoms with Gasteiger partial charge in [-0.2, -0.15) is 0 Å². The molecule has 0 aliphatic carbocycles. The number of nitrogens with zero attached hydrogens (tertiary/aromatic N) is 3. The second-order valence-corrected chi connectivity index (χ2v) is 6.23. The van der Waals surface area contributed by atoms with Crippen LogP contribution in [-0.4, -0.2) is 61.6 Å². The van der Waals surface area contributed by atoms with Gasteiger partial charge in [0.25, 0.3) is 5.91 Å². The van der Waals surface area contributed by atoms with Gasteiger partial charge in [-0.3, -0.25) is 4.79 Å². The third-order valence-electron chi connectivity index (χ3n) is 3.81. The molecule has 2 N–H and O–H groups in total. The second kappa shape index (κ2) is 10.4. The monoisotopic (exact) mass is 357 g/mol. The van der Waals surface area contributed by atoms with Gasteiger partial charge in [0.15, 0.2) is 0 Å². The molecule has 0 saturated heterocycles. The summed E-state index contributed by atoms with van der Waals surface area (Å²) in [5, 5.41) is 6.06. The smallest absolute Gasteiger partial charge is 0.271 e. The quantitative estimate of drug-likeness (QED) is 0.632. The molecule has 2 rings (SSSR count). The van der Waals surface area contributed by atoms with Crippen LogP contribution in [0.25, 0.3) is 0 Å². The van der Waals surface area contributed by atoms with E-state index in [0.29, 0.717) is 18.1 Å². The molecule has 1 heterocycles. The van der Waals surface area contributed by atoms with Gasteiger partial charge in [0.1, 0.15) is 17.3 Å². The third kappa shape index (κ3) is 6.68. The SMILES string of the molecule is COc1cccc(CCNC(=O)c2cnc(NCCCN(C)C)cn2)c1. The van der Waals surface area contributed by atoms with Gasteiger partial charge in [-0.15, -0.1) is 0 Å². The highest BCUT2D eigenvalue weighted by atomic mass is 16.5. The van der Waals surface area contributed by atoms with Crippen LogP contribution in [-0.2, 0) is 6.42 Å². The van der Waals surface area contributed by atoms with Crippen LogP contribution in [0.3, 0.4) is 0 Å². The molecule has 2 aromatic rings. The first-order valence-corrected chi connectivity index (χ1v) is 8.70. The predicted octanol–water partition coefficient (Wildman–Crippen LogP) is 1.82. The van der Waals surface area contributed by atoms with Gasteiger partial charge in [-0.1, -0.05) is 12.1 Å². The largest absolute Gasteiger partial charge is 0.497 e. The molecule has 0 unspecified atom stereocenters. The number of aromatic nitrogens is 2. The Balaban J connectivity index is 1.75. The maximum absolute atomic E-state index is 12.1. The van der Waals surface area contributed by atoms with Crippen molar-refractivity contribution in [2.45, 2.75) is 12.8 Å². The number of hydrogen-bond donors (Lipinski definition) is 2. The standard InChI is InChI=1S/C19H27N5O2/c1-24(2)11-5-9-20-18-14-22-17(13-23-18)19(25)21-10-8-15-6-4-7-16(12-15)26-3/h4,6-7,12-14H,5,8-11H2,1-3H3,(H,20,23)(H,21,25). The van der Waals surface area contributed by atoms with Gasteiger partial charge in [-0.25, -0.2) is 9.97 Å². The van der Waals surface area contributed by atoms with E-state index in [2.05, 4.69) is 25.5 Å². The van der Waals surface area contributed by atoms with Crippen LogP contribution in [0.2, 0.25) is 0 Å². The molecule has 0 aliphatic heterocycles. The van der Waals surface area contributed by atoms with Crippen molar-refractivity contribution in [2.24, 2.45) is 0 Å². The number of hydrogen-bond acceptors (Lipinski definition) is 6. The Morgan fingerprint density at radius 3 is 2.73 bits per heavy atom. The lowest BCUT2D eigenvalue weighted by molar-refractivity contribution is 0.0949. The molecule has 0 aliphatic rings. The zero-order valence-corrected chi connectivity index (χ0v) is 15.7. The number of carbonyl (C=O) groups excluding carboxylic acids is 1. The van der Waals surface area contributed by atoms with Crippen molar-refractivity contribution in [3.8, 4) is 5.75 Å². The maximum atomic E-state index is 12.1. The van der Waals surface area contributed by atoms with Crippen LogP contribution in [0.5, 0.6) is 5.75 Å². The van der Waals surface area contributed by atoms with Crippen molar-refractivity contribution in [3.63, 3.8) is 0 Å². The van der Waals surface area contributed by atoms with Gasteiger partial charge in [0, 0.05) is 13.1 Å². The first kappa shape index (κ1) is 19.7. The summed E-state index contributed by atoms with van der Waals surface area (Å²) < 4.78 is 5.20. The normalized spacial score (nSPS) is 10.6. The predicted molar refractivity (Wildman–Crippen MR) is 103 cm³/mol. The minimum atomic E-state index is -0.223. The van der Waals surface area contributed by atoms with Crippen molar-refractivity contribution in [3.05, 3.63) is 47.9 Å². The van der Waals surface area contributed by atoms with Gasteiger partial charge in [0.2, 0.25) is 0 Å². The van der Waals surface area contributed by atoms with E-state index < -0.39 is 0 Å². The van der Waals surface area contributed by atoms with Crippen LogP contribution < -0.4 is 15.4 Å². The number of nitrogens with one attached hydrogen (secondary N) is 2. The number of ether oxygens (including phenoxy) is 1. The Morgan fingerprint density at radius 1 is 1.19 bits per heavy atom. The van der Waals surface area contributed by atoms with E-state index in [1.54, 1.807) is 13.3 Å². The first-order valence-electron chi connectivity index (χ1n) is 8.70. The molecular formula is C19H27N5O2. The molecule has 7 heteroatoms. The van der Waals surface area contributed by atoms with Gasteiger partial charge < -0.3 is 20.3 Å². The molecule has 0 atom stereocenters. The van der Waals surface area contributed by atoms with Gasteiger partial charge in [-0.05, 0) is 51.2 Å². The fourth-order valence-electron chi connectivity index (χ4n) is 2.39. The summed E-state index contributed by atoms with van der Waals surface area (Å²) in [6.45, 7) is 2.35. The Hall–Kier alpha value is -2.67. The van der Waals surface area contributed by atoms with Gasteiger partial charge >= 0.3 is 0 Å². The summed E-state index contributed by atoms with van der Waals surface area (Å²) in [7, 11) is 5.73. The number of anilines is 1. The molecule has 140 valence electrons. The Bertz CT molecular complexity index is 689. The third-order valence-corrected chi connectivity index (χ3v) is 3.81.